The van der Waals surface area contributed by atoms with Gasteiger partial charge in [-0.2, -0.15) is 0 Å². The Morgan fingerprint density at radius 2 is 2.04 bits per heavy atom. The van der Waals surface area contributed by atoms with E-state index in [-0.39, 0.29) is 5.60 Å². The fourth-order valence-corrected chi connectivity index (χ4v) is 3.84. The van der Waals surface area contributed by atoms with Crippen molar-refractivity contribution in [3.63, 3.8) is 0 Å². The Kier molecular flexibility index (Phi) is 5.43. The summed E-state index contributed by atoms with van der Waals surface area (Å²) in [7, 11) is 0. The van der Waals surface area contributed by atoms with Crippen LogP contribution in [0.2, 0.25) is 0 Å². The lowest BCUT2D eigenvalue weighted by molar-refractivity contribution is -0.0563. The molecule has 2 fully saturated rings. The molecule has 4 rings (SSSR count). The Hall–Kier alpha value is -2.02. The Morgan fingerprint density at radius 1 is 1.15 bits per heavy atom. The van der Waals surface area contributed by atoms with Crippen LogP contribution in [0.15, 0.2) is 48.8 Å². The summed E-state index contributed by atoms with van der Waals surface area (Å²) in [6.45, 7) is 5.70. The first-order valence-electron chi connectivity index (χ1n) is 9.30. The molecule has 0 aliphatic carbocycles. The monoisotopic (exact) mass is 354 g/mol. The summed E-state index contributed by atoms with van der Waals surface area (Å²) >= 11 is 0. The predicted molar refractivity (Wildman–Crippen MR) is 99.8 cm³/mol. The van der Waals surface area contributed by atoms with Crippen LogP contribution < -0.4 is 5.32 Å². The van der Waals surface area contributed by atoms with Crippen LogP contribution in [-0.4, -0.2) is 59.9 Å². The molecule has 6 nitrogen and oxygen atoms in total. The van der Waals surface area contributed by atoms with E-state index >= 15 is 0 Å². The number of pyridine rings is 2. The molecule has 0 saturated carbocycles. The fourth-order valence-electron chi connectivity index (χ4n) is 3.84. The number of aromatic nitrogens is 2. The highest BCUT2D eigenvalue weighted by atomic mass is 16.5. The molecule has 1 spiro atoms. The highest BCUT2D eigenvalue weighted by Crippen LogP contribution is 2.33. The van der Waals surface area contributed by atoms with Crippen molar-refractivity contribution >= 4 is 5.82 Å². The number of ether oxygens (including phenoxy) is 2. The van der Waals surface area contributed by atoms with Crippen molar-refractivity contribution in [1.29, 1.82) is 0 Å². The fraction of sp³-hybridized carbons (Fsp3) is 0.500. The second kappa shape index (κ2) is 8.12. The third kappa shape index (κ3) is 4.38. The molecule has 2 saturated heterocycles. The van der Waals surface area contributed by atoms with Crippen LogP contribution in [0.5, 0.6) is 0 Å². The lowest BCUT2D eigenvalue weighted by Crippen LogP contribution is -2.44. The third-order valence-electron chi connectivity index (χ3n) is 5.06. The lowest BCUT2D eigenvalue weighted by atomic mass is 9.94. The Labute approximate surface area is 154 Å². The summed E-state index contributed by atoms with van der Waals surface area (Å²) < 4.78 is 12.2. The van der Waals surface area contributed by atoms with E-state index in [0.29, 0.717) is 12.5 Å². The van der Waals surface area contributed by atoms with E-state index in [1.54, 1.807) is 0 Å². The SMILES string of the molecule is c1ccc(CN2CCOC[C@@]3(C[C@H](CNc4ccccn4)CO3)C2)nc1. The van der Waals surface area contributed by atoms with E-state index in [9.17, 15) is 0 Å². The standard InChI is InChI=1S/C20H26N4O2/c1-3-7-21-18(5-1)13-24-9-10-25-16-20(15-24)11-17(14-26-20)12-23-19-6-2-4-8-22-19/h1-8,17H,9-16H2,(H,22,23)/t17-,20-/m1/s1. The first kappa shape index (κ1) is 17.4. The van der Waals surface area contributed by atoms with Crippen molar-refractivity contribution < 1.29 is 9.47 Å². The molecular weight excluding hydrogens is 328 g/mol. The maximum atomic E-state index is 6.28. The third-order valence-corrected chi connectivity index (χ3v) is 5.06. The largest absolute Gasteiger partial charge is 0.377 e. The molecule has 2 aliphatic heterocycles. The maximum Gasteiger partial charge on any atom is 0.125 e. The normalized spacial score (nSPS) is 26.7. The van der Waals surface area contributed by atoms with Crippen molar-refractivity contribution in [3.8, 4) is 0 Å². The smallest absolute Gasteiger partial charge is 0.125 e. The number of anilines is 1. The van der Waals surface area contributed by atoms with E-state index in [0.717, 1.165) is 57.3 Å². The highest BCUT2D eigenvalue weighted by Gasteiger charge is 2.43. The second-order valence-corrected chi connectivity index (χ2v) is 7.24. The number of rotatable bonds is 5. The van der Waals surface area contributed by atoms with Gasteiger partial charge in [-0.05, 0) is 30.7 Å². The van der Waals surface area contributed by atoms with Crippen LogP contribution in [0.3, 0.4) is 0 Å². The zero-order valence-corrected chi connectivity index (χ0v) is 15.0. The van der Waals surface area contributed by atoms with Gasteiger partial charge in [0.2, 0.25) is 0 Å². The van der Waals surface area contributed by atoms with Gasteiger partial charge in [0.1, 0.15) is 11.4 Å². The Bertz CT molecular complexity index is 685. The van der Waals surface area contributed by atoms with E-state index in [1.165, 1.54) is 0 Å². The van der Waals surface area contributed by atoms with Crippen molar-refractivity contribution in [1.82, 2.24) is 14.9 Å². The van der Waals surface area contributed by atoms with E-state index in [1.807, 2.05) is 42.7 Å². The van der Waals surface area contributed by atoms with Crippen molar-refractivity contribution in [3.05, 3.63) is 54.5 Å². The van der Waals surface area contributed by atoms with Crippen molar-refractivity contribution in [2.24, 2.45) is 5.92 Å². The molecule has 0 amide bonds. The van der Waals surface area contributed by atoms with E-state index < -0.39 is 0 Å². The highest BCUT2D eigenvalue weighted by molar-refractivity contribution is 5.33. The number of hydrogen-bond acceptors (Lipinski definition) is 6. The van der Waals surface area contributed by atoms with E-state index in [2.05, 4.69) is 26.3 Å². The summed E-state index contributed by atoms with van der Waals surface area (Å²) in [5.74, 6) is 1.39. The van der Waals surface area contributed by atoms with Gasteiger partial charge in [-0.1, -0.05) is 12.1 Å². The number of nitrogens with one attached hydrogen (secondary N) is 1. The predicted octanol–water partition coefficient (Wildman–Crippen LogP) is 2.20. The van der Waals surface area contributed by atoms with Gasteiger partial charge in [0, 0.05) is 44.5 Å². The first-order chi connectivity index (χ1) is 12.8. The molecule has 0 aromatic carbocycles. The molecule has 26 heavy (non-hydrogen) atoms. The molecule has 1 N–H and O–H groups in total. The van der Waals surface area contributed by atoms with Crippen molar-refractivity contribution in [2.75, 3.05) is 44.8 Å². The van der Waals surface area contributed by atoms with Crippen LogP contribution in [0.25, 0.3) is 0 Å². The van der Waals surface area contributed by atoms with Gasteiger partial charge in [0.25, 0.3) is 0 Å². The zero-order valence-electron chi connectivity index (χ0n) is 15.0. The molecule has 6 heteroatoms. The van der Waals surface area contributed by atoms with Gasteiger partial charge < -0.3 is 14.8 Å². The van der Waals surface area contributed by atoms with Gasteiger partial charge >= 0.3 is 0 Å². The average Bonchev–Trinajstić information content (AvgIpc) is 2.97. The summed E-state index contributed by atoms with van der Waals surface area (Å²) in [6, 6.07) is 12.0. The van der Waals surface area contributed by atoms with Gasteiger partial charge in [-0.15, -0.1) is 0 Å². The summed E-state index contributed by atoms with van der Waals surface area (Å²) in [6.07, 6.45) is 4.67. The molecule has 2 aromatic rings. The minimum absolute atomic E-state index is 0.207. The van der Waals surface area contributed by atoms with E-state index in [4.69, 9.17) is 9.47 Å². The van der Waals surface area contributed by atoms with Crippen LogP contribution in [0.4, 0.5) is 5.82 Å². The molecule has 0 unspecified atom stereocenters. The maximum absolute atomic E-state index is 6.28. The second-order valence-electron chi connectivity index (χ2n) is 7.24. The van der Waals surface area contributed by atoms with Gasteiger partial charge in [0.05, 0.1) is 25.5 Å². The number of nitrogens with zero attached hydrogens (tertiary/aromatic N) is 3. The molecule has 2 aliphatic rings. The topological polar surface area (TPSA) is 59.5 Å². The molecule has 0 radical (unpaired) electrons. The zero-order chi connectivity index (χ0) is 17.7. The molecule has 4 heterocycles. The van der Waals surface area contributed by atoms with Gasteiger partial charge in [0.15, 0.2) is 0 Å². The molecular formula is C20H26N4O2. The number of hydrogen-bond donors (Lipinski definition) is 1. The average molecular weight is 354 g/mol. The van der Waals surface area contributed by atoms with Gasteiger partial charge in [-0.3, -0.25) is 9.88 Å². The van der Waals surface area contributed by atoms with Crippen LogP contribution in [0, 0.1) is 5.92 Å². The van der Waals surface area contributed by atoms with Crippen LogP contribution in [0.1, 0.15) is 12.1 Å². The molecule has 2 aromatic heterocycles. The Morgan fingerprint density at radius 3 is 2.85 bits per heavy atom. The quantitative estimate of drug-likeness (QED) is 0.888. The molecule has 2 atom stereocenters. The van der Waals surface area contributed by atoms with Gasteiger partial charge in [-0.25, -0.2) is 4.98 Å². The van der Waals surface area contributed by atoms with Crippen molar-refractivity contribution in [2.45, 2.75) is 18.6 Å². The van der Waals surface area contributed by atoms with Crippen LogP contribution >= 0.6 is 0 Å². The first-order valence-corrected chi connectivity index (χ1v) is 9.30. The molecule has 138 valence electrons. The summed E-state index contributed by atoms with van der Waals surface area (Å²) in [4.78, 5) is 11.2. The minimum atomic E-state index is -0.207. The minimum Gasteiger partial charge on any atom is -0.377 e. The summed E-state index contributed by atoms with van der Waals surface area (Å²) in [5.41, 5.74) is 0.887. The Balaban J connectivity index is 1.34. The summed E-state index contributed by atoms with van der Waals surface area (Å²) in [5, 5.41) is 3.42. The van der Waals surface area contributed by atoms with Crippen LogP contribution in [-0.2, 0) is 16.0 Å². The lowest BCUT2D eigenvalue weighted by Gasteiger charge is -2.31. The molecule has 0 bridgehead atoms.